The Kier molecular flexibility index (Phi) is 5.89. The number of carbonyl (C=O) groups is 4. The number of hydrogen-bond acceptors (Lipinski definition) is 8. The number of amides is 1. The molecule has 196 valence electrons. The third kappa shape index (κ3) is 3.60. The van der Waals surface area contributed by atoms with Crippen LogP contribution in [0.15, 0.2) is 47.4 Å². The summed E-state index contributed by atoms with van der Waals surface area (Å²) in [6, 6.07) is 7.96. The van der Waals surface area contributed by atoms with Crippen molar-refractivity contribution in [3.8, 4) is 17.2 Å². The number of benzene rings is 2. The van der Waals surface area contributed by atoms with Crippen LogP contribution in [0.4, 0.5) is 0 Å². The first-order valence-corrected chi connectivity index (χ1v) is 12.3. The van der Waals surface area contributed by atoms with Crippen LogP contribution in [0, 0.1) is 6.92 Å². The predicted octanol–water partition coefficient (Wildman–Crippen LogP) is 2.74. The van der Waals surface area contributed by atoms with Crippen molar-refractivity contribution in [2.24, 2.45) is 0 Å². The van der Waals surface area contributed by atoms with Gasteiger partial charge in [0.05, 0.1) is 17.7 Å². The lowest BCUT2D eigenvalue weighted by Crippen LogP contribution is -2.43. The van der Waals surface area contributed by atoms with Crippen molar-refractivity contribution < 1.29 is 34.1 Å². The van der Waals surface area contributed by atoms with Crippen molar-refractivity contribution in [2.45, 2.75) is 46.1 Å². The van der Waals surface area contributed by atoms with Gasteiger partial charge in [-0.15, -0.1) is 0 Å². The molecule has 0 aromatic heterocycles. The van der Waals surface area contributed by atoms with Crippen LogP contribution < -0.4 is 10.1 Å². The van der Waals surface area contributed by atoms with Crippen molar-refractivity contribution in [2.75, 3.05) is 13.1 Å². The molecule has 0 radical (unpaired) electrons. The number of phenols is 2. The molecule has 9 heteroatoms. The van der Waals surface area contributed by atoms with E-state index >= 15 is 0 Å². The van der Waals surface area contributed by atoms with Crippen LogP contribution in [0.2, 0.25) is 0 Å². The molecule has 1 amide bonds. The summed E-state index contributed by atoms with van der Waals surface area (Å²) < 4.78 is 5.77. The molecule has 1 aliphatic carbocycles. The fourth-order valence-corrected chi connectivity index (χ4v) is 5.48. The Balaban J connectivity index is 1.45. The topological polar surface area (TPSA) is 133 Å². The maximum absolute atomic E-state index is 13.9. The van der Waals surface area contributed by atoms with Gasteiger partial charge in [-0.25, -0.2) is 0 Å². The van der Waals surface area contributed by atoms with Crippen LogP contribution in [0.3, 0.4) is 0 Å². The molecular weight excluding hydrogens is 488 g/mol. The fraction of sp³-hybridized carbons (Fsp3) is 0.310. The Morgan fingerprint density at radius 1 is 1.11 bits per heavy atom. The van der Waals surface area contributed by atoms with Crippen molar-refractivity contribution in [1.82, 2.24) is 10.2 Å². The summed E-state index contributed by atoms with van der Waals surface area (Å²) in [6.07, 6.45) is 1.91. The maximum atomic E-state index is 13.9. The van der Waals surface area contributed by atoms with E-state index in [2.05, 4.69) is 11.4 Å². The molecule has 2 aliphatic heterocycles. The number of carbonyl (C=O) groups excluding carboxylic acids is 4. The Labute approximate surface area is 219 Å². The van der Waals surface area contributed by atoms with Crippen molar-refractivity contribution >= 4 is 23.3 Å². The highest BCUT2D eigenvalue weighted by Gasteiger charge is 2.56. The molecule has 1 unspecified atom stereocenters. The summed E-state index contributed by atoms with van der Waals surface area (Å²) in [5.41, 5.74) is 0.647. The summed E-state index contributed by atoms with van der Waals surface area (Å²) in [4.78, 5) is 53.9. The molecule has 2 aromatic carbocycles. The number of phenolic OH excluding ortho intramolecular Hbond substituents is 2. The molecule has 38 heavy (non-hydrogen) atoms. The number of nitrogens with one attached hydrogen (secondary N) is 1. The molecule has 3 N–H and O–H groups in total. The first-order chi connectivity index (χ1) is 18.0. The second-order valence-corrected chi connectivity index (χ2v) is 10.1. The van der Waals surface area contributed by atoms with Crippen LogP contribution in [-0.4, -0.2) is 51.5 Å². The van der Waals surface area contributed by atoms with E-state index in [1.165, 1.54) is 26.3 Å². The summed E-state index contributed by atoms with van der Waals surface area (Å²) >= 11 is 0. The Morgan fingerprint density at radius 2 is 1.79 bits per heavy atom. The van der Waals surface area contributed by atoms with Crippen LogP contribution in [-0.2, 0) is 32.8 Å². The monoisotopic (exact) mass is 516 g/mol. The highest BCUT2D eigenvalue weighted by Crippen LogP contribution is 2.57. The minimum atomic E-state index is -1.60. The molecule has 2 aromatic rings. The van der Waals surface area contributed by atoms with Gasteiger partial charge < -0.3 is 25.2 Å². The molecule has 0 fully saturated rings. The van der Waals surface area contributed by atoms with Gasteiger partial charge in [-0.1, -0.05) is 24.3 Å². The van der Waals surface area contributed by atoms with Gasteiger partial charge in [0.1, 0.15) is 34.0 Å². The average Bonchev–Trinajstić information content (AvgIpc) is 3.18. The maximum Gasteiger partial charge on any atom is 0.242 e. The zero-order valence-electron chi connectivity index (χ0n) is 21.6. The molecular formula is C29H28N2O7. The van der Waals surface area contributed by atoms with E-state index in [-0.39, 0.29) is 57.7 Å². The smallest absolute Gasteiger partial charge is 0.242 e. The average molecular weight is 517 g/mol. The van der Waals surface area contributed by atoms with Crippen molar-refractivity contribution in [3.63, 3.8) is 0 Å². The number of ketones is 3. The van der Waals surface area contributed by atoms with E-state index in [1.807, 2.05) is 18.2 Å². The SMILES string of the molecule is CC(=O)c1c(O)c(C)c(O)c2c1OC1=CC(=O)C(=C(C)NCC(=O)N3CCc4ccccc4C3)C(=O)C12C. The van der Waals surface area contributed by atoms with Crippen LogP contribution in [0.5, 0.6) is 17.2 Å². The summed E-state index contributed by atoms with van der Waals surface area (Å²) in [7, 11) is 0. The van der Waals surface area contributed by atoms with Gasteiger partial charge in [-0.05, 0) is 45.2 Å². The van der Waals surface area contributed by atoms with Gasteiger partial charge in [-0.2, -0.15) is 0 Å². The van der Waals surface area contributed by atoms with E-state index < -0.39 is 28.5 Å². The van der Waals surface area contributed by atoms with Crippen LogP contribution in [0.25, 0.3) is 0 Å². The number of allylic oxidation sites excluding steroid dienone is 4. The van der Waals surface area contributed by atoms with Gasteiger partial charge in [0, 0.05) is 30.4 Å². The van der Waals surface area contributed by atoms with Crippen molar-refractivity contribution in [1.29, 1.82) is 0 Å². The quantitative estimate of drug-likeness (QED) is 0.321. The fourth-order valence-electron chi connectivity index (χ4n) is 5.48. The van der Waals surface area contributed by atoms with E-state index in [9.17, 15) is 29.4 Å². The summed E-state index contributed by atoms with van der Waals surface area (Å²) in [5, 5.41) is 24.3. The number of fused-ring (bicyclic) bond motifs is 4. The number of rotatable bonds is 4. The van der Waals surface area contributed by atoms with Crippen LogP contribution in [0.1, 0.15) is 53.4 Å². The predicted molar refractivity (Wildman–Crippen MR) is 137 cm³/mol. The van der Waals surface area contributed by atoms with Crippen LogP contribution >= 0.6 is 0 Å². The van der Waals surface area contributed by atoms with E-state index in [4.69, 9.17) is 4.74 Å². The molecule has 0 spiro atoms. The van der Waals surface area contributed by atoms with E-state index in [0.717, 1.165) is 18.1 Å². The standard InChI is InChI=1S/C29H28N2O7/c1-14-25(35)23(16(3)32)27-24(26(14)36)29(4)20(38-27)11-19(33)22(28(29)37)15(2)30-12-21(34)31-10-9-17-7-5-6-8-18(17)13-31/h5-8,11,30,35-36H,9-10,12-13H2,1-4H3. The van der Waals surface area contributed by atoms with Gasteiger partial charge in [0.2, 0.25) is 5.91 Å². The first-order valence-electron chi connectivity index (χ1n) is 12.3. The largest absolute Gasteiger partial charge is 0.507 e. The zero-order chi connectivity index (χ0) is 27.5. The van der Waals surface area contributed by atoms with Gasteiger partial charge >= 0.3 is 0 Å². The summed E-state index contributed by atoms with van der Waals surface area (Å²) in [5.74, 6) is -2.95. The molecule has 0 bridgehead atoms. The summed E-state index contributed by atoms with van der Waals surface area (Å²) in [6.45, 7) is 6.67. The lowest BCUT2D eigenvalue weighted by molar-refractivity contribution is -0.131. The number of ether oxygens (including phenoxy) is 1. The highest BCUT2D eigenvalue weighted by atomic mass is 16.5. The molecule has 0 saturated heterocycles. The first kappa shape index (κ1) is 25.3. The number of nitrogens with zero attached hydrogens (tertiary/aromatic N) is 1. The second-order valence-electron chi connectivity index (χ2n) is 10.1. The lowest BCUT2D eigenvalue weighted by Gasteiger charge is -2.30. The molecule has 9 nitrogen and oxygen atoms in total. The van der Waals surface area contributed by atoms with Gasteiger partial charge in [0.25, 0.3) is 0 Å². The van der Waals surface area contributed by atoms with E-state index in [1.54, 1.807) is 11.8 Å². The minimum absolute atomic E-state index is 0.0232. The molecule has 0 saturated carbocycles. The minimum Gasteiger partial charge on any atom is -0.507 e. The molecule has 1 atom stereocenters. The normalized spacial score (nSPS) is 21.2. The van der Waals surface area contributed by atoms with Gasteiger partial charge in [0.15, 0.2) is 17.3 Å². The van der Waals surface area contributed by atoms with E-state index in [0.29, 0.717) is 13.1 Å². The third-order valence-corrected chi connectivity index (χ3v) is 7.75. The zero-order valence-corrected chi connectivity index (χ0v) is 21.6. The highest BCUT2D eigenvalue weighted by molar-refractivity contribution is 6.31. The Hall–Kier alpha value is -4.40. The Bertz CT molecular complexity index is 1520. The lowest BCUT2D eigenvalue weighted by atomic mass is 9.70. The molecule has 5 rings (SSSR count). The third-order valence-electron chi connectivity index (χ3n) is 7.75. The van der Waals surface area contributed by atoms with Gasteiger partial charge in [-0.3, -0.25) is 19.2 Å². The molecule has 2 heterocycles. The number of Topliss-reactive ketones (excluding diaryl/α,β-unsaturated/α-hetero) is 2. The number of aromatic hydroxyl groups is 2. The molecule has 3 aliphatic rings. The Morgan fingerprint density at radius 3 is 2.47 bits per heavy atom. The van der Waals surface area contributed by atoms with Crippen molar-refractivity contribution in [3.05, 3.63) is 75.2 Å². The number of hydrogen-bond donors (Lipinski definition) is 3. The second kappa shape index (κ2) is 8.86.